The Balaban J connectivity index is 1.47. The molecular formula is C34H32N2O5. The second kappa shape index (κ2) is 12.5. The van der Waals surface area contributed by atoms with Gasteiger partial charge >= 0.3 is 0 Å². The Labute approximate surface area is 239 Å². The van der Waals surface area contributed by atoms with Crippen molar-refractivity contribution in [3.8, 4) is 17.2 Å². The lowest BCUT2D eigenvalue weighted by molar-refractivity contribution is -0.140. The van der Waals surface area contributed by atoms with Crippen molar-refractivity contribution in [3.05, 3.63) is 131 Å². The summed E-state index contributed by atoms with van der Waals surface area (Å²) >= 11 is 0. The predicted octanol–water partition coefficient (Wildman–Crippen LogP) is 6.04. The molecule has 1 atom stereocenters. The number of carbonyl (C=O) groups excluding carboxylic acids is 2. The molecule has 1 N–H and O–H groups in total. The second-order valence-corrected chi connectivity index (χ2v) is 10.1. The molecule has 208 valence electrons. The van der Waals surface area contributed by atoms with Crippen LogP contribution in [0, 0.1) is 0 Å². The van der Waals surface area contributed by atoms with Gasteiger partial charge in [-0.25, -0.2) is 0 Å². The Morgan fingerprint density at radius 2 is 1.46 bits per heavy atom. The molecule has 0 saturated carbocycles. The summed E-state index contributed by atoms with van der Waals surface area (Å²) in [7, 11) is 3.81. The third kappa shape index (κ3) is 6.48. The van der Waals surface area contributed by atoms with Crippen molar-refractivity contribution in [2.45, 2.75) is 12.6 Å². The van der Waals surface area contributed by atoms with Crippen molar-refractivity contribution in [1.29, 1.82) is 0 Å². The standard InChI is InChI=1S/C34H32N2O5/c1-35(2)20-21-36-31(26-12-9-15-29(22-26)41-28-13-7-4-8-14-28)30(33(38)34(36)39)32(37)25-16-18-27(19-17-25)40-23-24-10-5-3-6-11-24/h3-19,22,31,37H,20-21,23H2,1-2H3/b32-30+. The minimum absolute atomic E-state index is 0.0450. The van der Waals surface area contributed by atoms with E-state index in [-0.39, 0.29) is 11.3 Å². The van der Waals surface area contributed by atoms with Crippen molar-refractivity contribution in [2.24, 2.45) is 0 Å². The van der Waals surface area contributed by atoms with E-state index < -0.39 is 17.7 Å². The van der Waals surface area contributed by atoms with Crippen LogP contribution in [0.3, 0.4) is 0 Å². The molecule has 1 unspecified atom stereocenters. The molecule has 0 aromatic heterocycles. The Morgan fingerprint density at radius 1 is 0.805 bits per heavy atom. The molecule has 1 aliphatic rings. The van der Waals surface area contributed by atoms with Gasteiger partial charge in [-0.1, -0.05) is 60.7 Å². The molecule has 1 amide bonds. The molecule has 0 spiro atoms. The van der Waals surface area contributed by atoms with E-state index in [9.17, 15) is 14.7 Å². The number of amides is 1. The summed E-state index contributed by atoms with van der Waals surface area (Å²) in [5.41, 5.74) is 2.17. The van der Waals surface area contributed by atoms with E-state index in [4.69, 9.17) is 9.47 Å². The molecule has 41 heavy (non-hydrogen) atoms. The van der Waals surface area contributed by atoms with Crippen LogP contribution in [0.5, 0.6) is 17.2 Å². The van der Waals surface area contributed by atoms with Crippen molar-refractivity contribution < 1.29 is 24.2 Å². The fourth-order valence-corrected chi connectivity index (χ4v) is 4.74. The Morgan fingerprint density at radius 3 is 2.15 bits per heavy atom. The minimum Gasteiger partial charge on any atom is -0.507 e. The van der Waals surface area contributed by atoms with Gasteiger partial charge in [-0.2, -0.15) is 0 Å². The smallest absolute Gasteiger partial charge is 0.295 e. The largest absolute Gasteiger partial charge is 0.507 e. The molecule has 7 nitrogen and oxygen atoms in total. The van der Waals surface area contributed by atoms with E-state index in [0.29, 0.717) is 48.1 Å². The van der Waals surface area contributed by atoms with Crippen LogP contribution in [0.4, 0.5) is 0 Å². The maximum Gasteiger partial charge on any atom is 0.295 e. The van der Waals surface area contributed by atoms with Crippen LogP contribution in [0.25, 0.3) is 5.76 Å². The third-order valence-corrected chi connectivity index (χ3v) is 6.86. The number of benzene rings is 4. The summed E-state index contributed by atoms with van der Waals surface area (Å²) < 4.78 is 11.9. The quantitative estimate of drug-likeness (QED) is 0.148. The van der Waals surface area contributed by atoms with E-state index >= 15 is 0 Å². The molecule has 1 heterocycles. The molecule has 1 saturated heterocycles. The van der Waals surface area contributed by atoms with E-state index in [1.807, 2.05) is 97.9 Å². The number of aliphatic hydroxyl groups excluding tert-OH is 1. The summed E-state index contributed by atoms with van der Waals surface area (Å²) in [5.74, 6) is 0.261. The lowest BCUT2D eigenvalue weighted by Gasteiger charge is -2.27. The molecule has 1 fully saturated rings. The Bertz CT molecular complexity index is 1530. The van der Waals surface area contributed by atoms with Gasteiger partial charge in [-0.3, -0.25) is 9.59 Å². The zero-order chi connectivity index (χ0) is 28.8. The number of hydrogen-bond donors (Lipinski definition) is 1. The highest BCUT2D eigenvalue weighted by molar-refractivity contribution is 6.46. The molecule has 5 rings (SSSR count). The summed E-state index contributed by atoms with van der Waals surface area (Å²) in [4.78, 5) is 30.1. The van der Waals surface area contributed by atoms with Crippen molar-refractivity contribution in [2.75, 3.05) is 27.2 Å². The Hall–Kier alpha value is -4.88. The first-order valence-corrected chi connectivity index (χ1v) is 13.4. The number of hydrogen-bond acceptors (Lipinski definition) is 6. The monoisotopic (exact) mass is 548 g/mol. The predicted molar refractivity (Wildman–Crippen MR) is 158 cm³/mol. The van der Waals surface area contributed by atoms with Gasteiger partial charge in [0.15, 0.2) is 0 Å². The molecule has 0 bridgehead atoms. The van der Waals surface area contributed by atoms with Crippen LogP contribution in [0.15, 0.2) is 115 Å². The maximum atomic E-state index is 13.4. The molecule has 0 aliphatic carbocycles. The lowest BCUT2D eigenvalue weighted by atomic mass is 9.95. The lowest BCUT2D eigenvalue weighted by Crippen LogP contribution is -2.35. The number of carbonyl (C=O) groups is 2. The zero-order valence-electron chi connectivity index (χ0n) is 23.1. The summed E-state index contributed by atoms with van der Waals surface area (Å²) in [6, 6.07) is 32.5. The molecule has 0 radical (unpaired) electrons. The van der Waals surface area contributed by atoms with Crippen molar-refractivity contribution in [3.63, 3.8) is 0 Å². The van der Waals surface area contributed by atoms with E-state index in [0.717, 1.165) is 5.56 Å². The van der Waals surface area contributed by atoms with Gasteiger partial charge < -0.3 is 24.4 Å². The van der Waals surface area contributed by atoms with Crippen LogP contribution in [0.1, 0.15) is 22.7 Å². The molecule has 4 aromatic rings. The number of likely N-dealkylation sites (N-methyl/N-ethyl adjacent to an activating group) is 1. The summed E-state index contributed by atoms with van der Waals surface area (Å²) in [6.07, 6.45) is 0. The van der Waals surface area contributed by atoms with Gasteiger partial charge in [-0.15, -0.1) is 0 Å². The van der Waals surface area contributed by atoms with Gasteiger partial charge in [0.2, 0.25) is 0 Å². The molecule has 7 heteroatoms. The van der Waals surface area contributed by atoms with Crippen LogP contribution in [-0.2, 0) is 16.2 Å². The van der Waals surface area contributed by atoms with E-state index in [1.165, 1.54) is 4.90 Å². The Kier molecular flexibility index (Phi) is 8.46. The van der Waals surface area contributed by atoms with Gasteiger partial charge in [0.05, 0.1) is 11.6 Å². The summed E-state index contributed by atoms with van der Waals surface area (Å²) in [6.45, 7) is 1.27. The second-order valence-electron chi connectivity index (χ2n) is 10.1. The fourth-order valence-electron chi connectivity index (χ4n) is 4.74. The number of rotatable bonds is 10. The normalized spacial score (nSPS) is 16.3. The first kappa shape index (κ1) is 27.7. The van der Waals surface area contributed by atoms with Gasteiger partial charge in [-0.05, 0) is 73.8 Å². The number of Topliss-reactive ketones (excluding diaryl/α,β-unsaturated/α-hetero) is 1. The number of ether oxygens (including phenoxy) is 2. The van der Waals surface area contributed by atoms with E-state index in [2.05, 4.69) is 0 Å². The molecule has 1 aliphatic heterocycles. The zero-order valence-corrected chi connectivity index (χ0v) is 23.1. The van der Waals surface area contributed by atoms with Crippen molar-refractivity contribution in [1.82, 2.24) is 9.80 Å². The molecular weight excluding hydrogens is 516 g/mol. The van der Waals surface area contributed by atoms with Crippen LogP contribution >= 0.6 is 0 Å². The topological polar surface area (TPSA) is 79.3 Å². The van der Waals surface area contributed by atoms with E-state index in [1.54, 1.807) is 30.3 Å². The number of ketones is 1. The fraction of sp³-hybridized carbons (Fsp3) is 0.176. The number of likely N-dealkylation sites (tertiary alicyclic amines) is 1. The minimum atomic E-state index is -0.775. The highest BCUT2D eigenvalue weighted by Crippen LogP contribution is 2.40. The van der Waals surface area contributed by atoms with Gasteiger partial charge in [0.1, 0.15) is 29.6 Å². The SMILES string of the molecule is CN(C)CCN1C(=O)C(=O)/C(=C(/O)c2ccc(OCc3ccccc3)cc2)C1c1cccc(Oc2ccccc2)c1. The van der Waals surface area contributed by atoms with Gasteiger partial charge in [0, 0.05) is 18.7 Å². The number of aliphatic hydroxyl groups is 1. The highest BCUT2D eigenvalue weighted by atomic mass is 16.5. The summed E-state index contributed by atoms with van der Waals surface area (Å²) in [5, 5.41) is 11.4. The van der Waals surface area contributed by atoms with Gasteiger partial charge in [0.25, 0.3) is 11.7 Å². The average molecular weight is 549 g/mol. The van der Waals surface area contributed by atoms with Crippen LogP contribution in [-0.4, -0.2) is 53.8 Å². The molecule has 4 aromatic carbocycles. The average Bonchev–Trinajstić information content (AvgIpc) is 3.25. The number of para-hydroxylation sites is 1. The first-order valence-electron chi connectivity index (χ1n) is 13.4. The first-order chi connectivity index (χ1) is 19.9. The maximum absolute atomic E-state index is 13.4. The third-order valence-electron chi connectivity index (χ3n) is 6.86. The van der Waals surface area contributed by atoms with Crippen molar-refractivity contribution >= 4 is 17.4 Å². The number of nitrogens with zero attached hydrogens (tertiary/aromatic N) is 2. The van der Waals surface area contributed by atoms with Crippen LogP contribution < -0.4 is 9.47 Å². The van der Waals surface area contributed by atoms with Crippen LogP contribution in [0.2, 0.25) is 0 Å². The highest BCUT2D eigenvalue weighted by Gasteiger charge is 2.46.